The summed E-state index contributed by atoms with van der Waals surface area (Å²) in [5, 5.41) is 0. The Morgan fingerprint density at radius 3 is 0.294 bits per heavy atom. The minimum atomic E-state index is -0.617. The Balaban J connectivity index is 0. The molecule has 0 aromatic carbocycles. The minimum Gasteiger partial charge on any atom is -0.109 e. The summed E-state index contributed by atoms with van der Waals surface area (Å²) < 4.78 is 0. The van der Waals surface area contributed by atoms with Crippen LogP contribution in [-0.4, -0.2) is 0 Å². The van der Waals surface area contributed by atoms with Crippen molar-refractivity contribution in [1.29, 1.82) is 0 Å². The summed E-state index contributed by atoms with van der Waals surface area (Å²) >= 11 is 0. The minimum absolute atomic E-state index is 0. The first-order valence-corrected chi connectivity index (χ1v) is 222. The molecule has 0 fully saturated rings. The van der Waals surface area contributed by atoms with Gasteiger partial charge in [0.05, 0.1) is 0 Å². The molecule has 0 aliphatic rings. The zero-order valence-electron chi connectivity index (χ0n) is 55.9. The molecule has 0 N–H and O–H groups in total. The molecule has 0 aromatic rings. The Bertz CT molecular complexity index is 1860. The molecule has 0 saturated carbocycles. The maximum Gasteiger partial charge on any atom is 0 e. The van der Waals surface area contributed by atoms with Crippen molar-refractivity contribution in [3.8, 4) is 0 Å². The van der Waals surface area contributed by atoms with Crippen molar-refractivity contribution in [2.75, 3.05) is 0 Å². The molecule has 0 heterocycles. The maximum absolute atomic E-state index is 4.01. The van der Waals surface area contributed by atoms with Crippen LogP contribution in [0.15, 0.2) is 0 Å². The summed E-state index contributed by atoms with van der Waals surface area (Å²) in [6.45, 7) is -22.4. The predicted molar refractivity (Wildman–Crippen MR) is 901 cm³/mol. The molecule has 0 aromatic heterocycles. The Hall–Kier alpha value is 47.0. The first kappa shape index (κ1) is 158. The molecule has 0 spiro atoms. The van der Waals surface area contributed by atoms with Crippen LogP contribution in [0.1, 0.15) is 0 Å². The van der Waals surface area contributed by atoms with E-state index in [2.05, 4.69) is 482 Å². The van der Waals surface area contributed by atoms with Crippen LogP contribution in [0.4, 0.5) is 0 Å². The summed E-state index contributed by atoms with van der Waals surface area (Å²) in [6, 6.07) is 0. The smallest absolute Gasteiger partial charge is 0 e. The Morgan fingerprint density at radius 1 is 0.110 bits per heavy atom. The topological polar surface area (TPSA) is 0 Å². The van der Waals surface area contributed by atoms with Crippen LogP contribution in [0.3, 0.4) is 0 Å². The quantitative estimate of drug-likeness (QED) is 0.0533. The van der Waals surface area contributed by atoms with E-state index >= 15 is 0 Å². The normalized spacial score (nSPS) is 15.8. The second kappa shape index (κ2) is 87.5. The van der Waals surface area contributed by atoms with E-state index in [4.69, 9.17) is 0 Å². The molecule has 109 heavy (non-hydrogen) atoms. The molecule has 0 amide bonds. The third-order valence-electron chi connectivity index (χ3n) is 9.59. The average Bonchev–Trinajstić information content (AvgIpc) is 0.723. The molecule has 60 atom stereocenters. The van der Waals surface area contributed by atoms with E-state index in [1.807, 2.05) is 0 Å². The van der Waals surface area contributed by atoms with Gasteiger partial charge in [-0.25, -0.2) is 0 Å². The average molecular weight is 3510 g/mol. The fourth-order valence-electron chi connectivity index (χ4n) is 6.60. The van der Waals surface area contributed by atoms with E-state index in [-0.39, 0.29) is 60.5 Å². The summed E-state index contributed by atoms with van der Waals surface area (Å²) in [7, 11) is 207. The van der Waals surface area contributed by atoms with Crippen LogP contribution >= 0.6 is 861 Å². The molecule has 655 valence electrons. The third kappa shape index (κ3) is 56.7. The Morgan fingerprint density at radius 2 is 0.193 bits per heavy atom. The molecule has 60 unspecified atom stereocenters. The van der Waals surface area contributed by atoms with Gasteiger partial charge in [0.25, 0.3) is 0 Å². The second-order valence-electron chi connectivity index (χ2n) is 17.2. The third-order valence-corrected chi connectivity index (χ3v) is 777. The molecule has 0 nitrogen and oxygen atoms in total. The van der Waals surface area contributed by atoms with Gasteiger partial charge in [0.1, 0.15) is 0 Å². The predicted octanol–water partition coefficient (Wildman–Crippen LogP) is 63.6. The second-order valence-corrected chi connectivity index (χ2v) is 465. The van der Waals surface area contributed by atoms with Crippen LogP contribution in [0.2, 0.25) is 0 Å². The van der Waals surface area contributed by atoms with Gasteiger partial charge >= 0.3 is 0 Å². The van der Waals surface area contributed by atoms with Gasteiger partial charge in [0, 0.05) is 18.6 Å². The van der Waals surface area contributed by atoms with Crippen LogP contribution in [0, 0.1) is 0 Å². The zero-order chi connectivity index (χ0) is 85.4. The van der Waals surface area contributed by atoms with Gasteiger partial charge in [-0.15, -0.1) is 482 Å². The largest absolute Gasteiger partial charge is 0.109 e. The standard InChI is InChI=1S/H110P108.V/c1-55-83(54)99(86(57(2)3)58(4)5)101(104(89(63(14)15)64(16)17)90(65(18)19)66(20)21)84(100(87(59(6)7)60(8)9)88(61(10)11)62(12)13)56-85(102(105(91(67(22)23)68(24)25)92(69(26)27)70(28)29)106(93(71(30)31)72(32)33)94(73(34)35)74(36)37)103(107(95(75(38)39)76(40)41)96(77(42)43)78(44)45)108(97(79(46)47)80(48)49)98(81(50)51)82(52)53;/h55-56H,1-54H2;. The van der Waals surface area contributed by atoms with Crippen LogP contribution in [0.25, 0.3) is 0 Å². The van der Waals surface area contributed by atoms with E-state index in [0.29, 0.717) is 0 Å². The first-order valence-electron chi connectivity index (χ1n) is 24.6. The molecule has 0 saturated heterocycles. The van der Waals surface area contributed by atoms with Crippen molar-refractivity contribution in [3.05, 3.63) is 0 Å². The van der Waals surface area contributed by atoms with Gasteiger partial charge in [-0.2, -0.15) is 0 Å². The van der Waals surface area contributed by atoms with Gasteiger partial charge in [0.15, 0.2) is 0 Å². The van der Waals surface area contributed by atoms with E-state index in [1.54, 1.807) is 0 Å². The molecule has 0 aliphatic carbocycles. The van der Waals surface area contributed by atoms with Gasteiger partial charge < -0.3 is 0 Å². The van der Waals surface area contributed by atoms with E-state index in [9.17, 15) is 0 Å². The molecular weight excluding hydrogens is 3400 g/mol. The van der Waals surface area contributed by atoms with Crippen molar-refractivity contribution in [2.24, 2.45) is 0 Å². The Kier molecular flexibility index (Phi) is 127. The van der Waals surface area contributed by atoms with Crippen LogP contribution in [-0.2, 0) is 18.6 Å². The molecule has 0 rings (SSSR count). The van der Waals surface area contributed by atoms with Crippen LogP contribution < -0.4 is 0 Å². The molecular formula is H110P108V. The first-order chi connectivity index (χ1) is 49.2. The number of rotatable bonds is 53. The van der Waals surface area contributed by atoms with Gasteiger partial charge in [-0.1, -0.05) is 7.96 Å². The molecule has 0 bridgehead atoms. The van der Waals surface area contributed by atoms with Crippen molar-refractivity contribution >= 4 is 861 Å². The van der Waals surface area contributed by atoms with Crippen LogP contribution in [0.5, 0.6) is 0 Å². The Labute approximate surface area is 865 Å². The fourth-order valence-corrected chi connectivity index (χ4v) is 1600. The zero-order valence-corrected chi connectivity index (χ0v) is 168. The maximum atomic E-state index is 4.01. The SMILES string of the molecule is PPP(P)P(P(P(P)P)P(P)P)P(P(PP(P(P(P(P(P)P)P(P)P)P(P(P)P)P(P)P)P(P(P(P)P)P(P)P)P(P(P)P)P(P)P)P(P(P(P(P)P)P(P)P)P(P(P)P)P(P)P)P(P(P(P)P)P(P)P)P(P(P)P)P(P)P)P(P(P(P)P)P(P)P)P(P(P)P)P(P)P)P(P(P(P)P)P(P)P)P(P(P)P)P(P)P.[V]. The van der Waals surface area contributed by atoms with E-state index in [0.717, 1.165) is 15.9 Å². The summed E-state index contributed by atoms with van der Waals surface area (Å²) in [5.41, 5.74) is 0. The molecule has 0 aliphatic heterocycles. The van der Waals surface area contributed by atoms with Crippen molar-refractivity contribution < 1.29 is 18.6 Å². The van der Waals surface area contributed by atoms with Crippen molar-refractivity contribution in [1.82, 2.24) is 0 Å². The van der Waals surface area contributed by atoms with Crippen molar-refractivity contribution in [3.63, 3.8) is 0 Å². The summed E-state index contributed by atoms with van der Waals surface area (Å²) in [5.74, 6) is 0. The number of hydrogen-bond acceptors (Lipinski definition) is 0. The molecule has 109 heteroatoms. The van der Waals surface area contributed by atoms with Crippen molar-refractivity contribution in [2.45, 2.75) is 0 Å². The summed E-state index contributed by atoms with van der Waals surface area (Å²) in [4.78, 5) is 0. The monoisotopic (exact) mass is 3510 g/mol. The van der Waals surface area contributed by atoms with E-state index in [1.165, 1.54) is 0 Å². The van der Waals surface area contributed by atoms with E-state index < -0.39 is 321 Å². The number of hydrogen-bond donors (Lipinski definition) is 0. The van der Waals surface area contributed by atoms with Gasteiger partial charge in [0.2, 0.25) is 0 Å². The summed E-state index contributed by atoms with van der Waals surface area (Å²) in [6.07, 6.45) is 0. The molecule has 1 radical (unpaired) electrons. The van der Waals surface area contributed by atoms with Gasteiger partial charge in [-0.05, 0) is 371 Å². The fraction of sp³-hybridized carbons (Fsp3) is 0. The van der Waals surface area contributed by atoms with Gasteiger partial charge in [-0.3, -0.25) is 0 Å².